The van der Waals surface area contributed by atoms with Crippen molar-refractivity contribution < 1.29 is 9.72 Å². The standard InChI is InChI=1S/C16H12ClN3O3/c1-19-14-6-5-11(17)8-13(14)16(18-9-15(19)21)10-3-2-4-12(7-10)20(22)23/h2-8H,9H2,1H3. The van der Waals surface area contributed by atoms with E-state index < -0.39 is 4.92 Å². The smallest absolute Gasteiger partial charge is 0.270 e. The van der Waals surface area contributed by atoms with Gasteiger partial charge in [0, 0.05) is 35.3 Å². The molecule has 116 valence electrons. The number of fused-ring (bicyclic) bond motifs is 1. The Hall–Kier alpha value is -2.73. The Morgan fingerprint density at radius 2 is 2.04 bits per heavy atom. The summed E-state index contributed by atoms with van der Waals surface area (Å²) >= 11 is 6.08. The summed E-state index contributed by atoms with van der Waals surface area (Å²) in [6.07, 6.45) is 0. The lowest BCUT2D eigenvalue weighted by Crippen LogP contribution is -2.27. The molecule has 0 radical (unpaired) electrons. The summed E-state index contributed by atoms with van der Waals surface area (Å²) in [5, 5.41) is 11.5. The Morgan fingerprint density at radius 3 is 2.78 bits per heavy atom. The first kappa shape index (κ1) is 15.2. The number of benzodiazepines with no additional fused rings is 1. The average molecular weight is 330 g/mol. The largest absolute Gasteiger partial charge is 0.313 e. The second kappa shape index (κ2) is 5.81. The van der Waals surface area contributed by atoms with E-state index in [0.29, 0.717) is 27.5 Å². The second-order valence-corrected chi connectivity index (χ2v) is 5.52. The van der Waals surface area contributed by atoms with Gasteiger partial charge in [0.05, 0.1) is 16.3 Å². The van der Waals surface area contributed by atoms with Crippen LogP contribution in [0, 0.1) is 10.1 Å². The molecule has 23 heavy (non-hydrogen) atoms. The van der Waals surface area contributed by atoms with Crippen molar-refractivity contribution in [3.63, 3.8) is 0 Å². The van der Waals surface area contributed by atoms with Crippen molar-refractivity contribution in [3.8, 4) is 0 Å². The molecule has 0 spiro atoms. The summed E-state index contributed by atoms with van der Waals surface area (Å²) in [6, 6.07) is 11.3. The maximum Gasteiger partial charge on any atom is 0.270 e. The van der Waals surface area contributed by atoms with E-state index in [-0.39, 0.29) is 18.1 Å². The third-order valence-electron chi connectivity index (χ3n) is 3.65. The van der Waals surface area contributed by atoms with Crippen molar-refractivity contribution in [2.24, 2.45) is 4.99 Å². The van der Waals surface area contributed by atoms with Crippen LogP contribution in [0.15, 0.2) is 47.5 Å². The van der Waals surface area contributed by atoms with Gasteiger partial charge in [-0.2, -0.15) is 0 Å². The number of hydrogen-bond acceptors (Lipinski definition) is 4. The second-order valence-electron chi connectivity index (χ2n) is 5.09. The van der Waals surface area contributed by atoms with Gasteiger partial charge in [0.1, 0.15) is 6.54 Å². The molecule has 0 bridgehead atoms. The van der Waals surface area contributed by atoms with E-state index in [9.17, 15) is 14.9 Å². The molecule has 0 fully saturated rings. The van der Waals surface area contributed by atoms with Gasteiger partial charge in [0.15, 0.2) is 0 Å². The molecule has 0 aliphatic carbocycles. The minimum atomic E-state index is -0.461. The van der Waals surface area contributed by atoms with Gasteiger partial charge in [-0.3, -0.25) is 19.9 Å². The normalized spacial score (nSPS) is 14.1. The monoisotopic (exact) mass is 329 g/mol. The van der Waals surface area contributed by atoms with Gasteiger partial charge in [-0.25, -0.2) is 0 Å². The minimum absolute atomic E-state index is 0.0270. The third-order valence-corrected chi connectivity index (χ3v) is 3.89. The number of non-ortho nitro benzene ring substituents is 1. The van der Waals surface area contributed by atoms with Gasteiger partial charge < -0.3 is 4.90 Å². The molecule has 0 saturated heterocycles. The van der Waals surface area contributed by atoms with Gasteiger partial charge >= 0.3 is 0 Å². The van der Waals surface area contributed by atoms with Crippen LogP contribution in [0.4, 0.5) is 11.4 Å². The van der Waals surface area contributed by atoms with Crippen molar-refractivity contribution in [1.82, 2.24) is 0 Å². The van der Waals surface area contributed by atoms with Gasteiger partial charge in [-0.1, -0.05) is 23.7 Å². The summed E-state index contributed by atoms with van der Waals surface area (Å²) in [7, 11) is 1.67. The highest BCUT2D eigenvalue weighted by atomic mass is 35.5. The summed E-state index contributed by atoms with van der Waals surface area (Å²) in [6.45, 7) is -0.0270. The van der Waals surface area contributed by atoms with Crippen molar-refractivity contribution in [2.75, 3.05) is 18.5 Å². The first-order valence-electron chi connectivity index (χ1n) is 6.83. The molecule has 1 amide bonds. The van der Waals surface area contributed by atoms with Crippen molar-refractivity contribution in [2.45, 2.75) is 0 Å². The number of anilines is 1. The molecule has 1 aliphatic heterocycles. The number of carbonyl (C=O) groups is 1. The predicted molar refractivity (Wildman–Crippen MR) is 88.5 cm³/mol. The van der Waals surface area contributed by atoms with Crippen molar-refractivity contribution in [1.29, 1.82) is 0 Å². The van der Waals surface area contributed by atoms with Crippen LogP contribution >= 0.6 is 11.6 Å². The molecule has 2 aromatic rings. The molecule has 0 unspecified atom stereocenters. The summed E-state index contributed by atoms with van der Waals surface area (Å²) in [4.78, 5) is 28.5. The lowest BCUT2D eigenvalue weighted by atomic mass is 10.00. The molecule has 0 saturated carbocycles. The highest BCUT2D eigenvalue weighted by molar-refractivity contribution is 6.32. The van der Waals surface area contributed by atoms with Crippen LogP contribution in [-0.2, 0) is 4.79 Å². The highest BCUT2D eigenvalue weighted by Gasteiger charge is 2.23. The molecule has 3 rings (SSSR count). The number of benzene rings is 2. The number of nitrogens with zero attached hydrogens (tertiary/aromatic N) is 3. The molecule has 0 N–H and O–H groups in total. The van der Waals surface area contributed by atoms with Crippen molar-refractivity contribution in [3.05, 3.63) is 68.7 Å². The topological polar surface area (TPSA) is 75.8 Å². The Labute approximate surface area is 137 Å². The fourth-order valence-electron chi connectivity index (χ4n) is 2.48. The molecule has 0 aromatic heterocycles. The van der Waals surface area contributed by atoms with Gasteiger partial charge in [0.2, 0.25) is 5.91 Å². The number of carbonyl (C=O) groups excluding carboxylic acids is 1. The van der Waals surface area contributed by atoms with E-state index in [4.69, 9.17) is 11.6 Å². The zero-order chi connectivity index (χ0) is 16.6. The minimum Gasteiger partial charge on any atom is -0.313 e. The summed E-state index contributed by atoms with van der Waals surface area (Å²) in [5.41, 5.74) is 2.40. The Morgan fingerprint density at radius 1 is 1.26 bits per heavy atom. The van der Waals surface area contributed by atoms with Crippen LogP contribution < -0.4 is 4.90 Å². The number of rotatable bonds is 2. The van der Waals surface area contributed by atoms with E-state index in [0.717, 1.165) is 0 Å². The number of hydrogen-bond donors (Lipinski definition) is 0. The zero-order valence-electron chi connectivity index (χ0n) is 12.2. The molecular weight excluding hydrogens is 318 g/mol. The number of nitro benzene ring substituents is 1. The van der Waals surface area contributed by atoms with Gasteiger partial charge in [-0.15, -0.1) is 0 Å². The predicted octanol–water partition coefficient (Wildman–Crippen LogP) is 3.06. The number of amides is 1. The molecular formula is C16H12ClN3O3. The highest BCUT2D eigenvalue weighted by Crippen LogP contribution is 2.29. The van der Waals surface area contributed by atoms with E-state index in [1.807, 2.05) is 0 Å². The first-order chi connectivity index (χ1) is 11.0. The number of nitro groups is 1. The maximum absolute atomic E-state index is 12.1. The maximum atomic E-state index is 12.1. The molecule has 7 heteroatoms. The molecule has 1 aliphatic rings. The first-order valence-corrected chi connectivity index (χ1v) is 7.21. The SMILES string of the molecule is CN1C(=O)CN=C(c2cccc([N+](=O)[O-])c2)c2cc(Cl)ccc21. The van der Waals surface area contributed by atoms with Gasteiger partial charge in [-0.05, 0) is 18.2 Å². The Kier molecular flexibility index (Phi) is 3.83. The van der Waals surface area contributed by atoms with Crippen LogP contribution in [0.3, 0.4) is 0 Å². The summed E-state index contributed by atoms with van der Waals surface area (Å²) < 4.78 is 0. The Balaban J connectivity index is 2.21. The fourth-order valence-corrected chi connectivity index (χ4v) is 2.65. The number of aliphatic imine (C=N–C) groups is 1. The molecule has 2 aromatic carbocycles. The zero-order valence-corrected chi connectivity index (χ0v) is 12.9. The van der Waals surface area contributed by atoms with E-state index in [1.54, 1.807) is 37.4 Å². The van der Waals surface area contributed by atoms with Crippen LogP contribution in [0.5, 0.6) is 0 Å². The molecule has 0 atom stereocenters. The van der Waals surface area contributed by atoms with Crippen LogP contribution in [0.2, 0.25) is 5.02 Å². The quantitative estimate of drug-likeness (QED) is 0.627. The molecule has 1 heterocycles. The average Bonchev–Trinajstić information content (AvgIpc) is 2.65. The van der Waals surface area contributed by atoms with E-state index in [1.165, 1.54) is 17.0 Å². The van der Waals surface area contributed by atoms with Crippen LogP contribution in [-0.4, -0.2) is 30.1 Å². The van der Waals surface area contributed by atoms with Gasteiger partial charge in [0.25, 0.3) is 5.69 Å². The Bertz CT molecular complexity index is 848. The number of halogens is 1. The van der Waals surface area contributed by atoms with Crippen LogP contribution in [0.25, 0.3) is 0 Å². The number of likely N-dealkylation sites (N-methyl/N-ethyl adjacent to an activating group) is 1. The molecule has 6 nitrogen and oxygen atoms in total. The van der Waals surface area contributed by atoms with E-state index >= 15 is 0 Å². The third kappa shape index (κ3) is 2.80. The lowest BCUT2D eigenvalue weighted by molar-refractivity contribution is -0.384. The van der Waals surface area contributed by atoms with E-state index in [2.05, 4.69) is 4.99 Å². The lowest BCUT2D eigenvalue weighted by Gasteiger charge is -2.18. The van der Waals surface area contributed by atoms with Crippen molar-refractivity contribution >= 4 is 34.6 Å². The fraction of sp³-hybridized carbons (Fsp3) is 0.125. The van der Waals surface area contributed by atoms with Crippen LogP contribution in [0.1, 0.15) is 11.1 Å². The summed E-state index contributed by atoms with van der Waals surface area (Å²) in [5.74, 6) is -0.158.